The topological polar surface area (TPSA) is 37.8 Å². The second-order valence-corrected chi connectivity index (χ2v) is 6.16. The first-order valence-electron chi connectivity index (χ1n) is 6.15. The van der Waals surface area contributed by atoms with Crippen molar-refractivity contribution in [3.8, 4) is 0 Å². The summed E-state index contributed by atoms with van der Waals surface area (Å²) in [5.41, 5.74) is 2.10. The summed E-state index contributed by atoms with van der Waals surface area (Å²) in [4.78, 5) is 0. The Kier molecular flexibility index (Phi) is 5.76. The van der Waals surface area contributed by atoms with E-state index in [9.17, 15) is 0 Å². The van der Waals surface area contributed by atoms with Crippen LogP contribution < -0.4 is 5.32 Å². The standard InChI is InChI=1S/C13H15BrClN3S/c1-2-5-16-12(13-8-17-19-18-13)6-9-3-4-10(14)7-11(9)15/h3-4,7-8,12,16H,2,5-6H2,1H3. The quantitative estimate of drug-likeness (QED) is 0.837. The van der Waals surface area contributed by atoms with Crippen LogP contribution in [-0.4, -0.2) is 15.3 Å². The highest BCUT2D eigenvalue weighted by atomic mass is 79.9. The van der Waals surface area contributed by atoms with E-state index in [1.165, 1.54) is 11.7 Å². The molecule has 1 aromatic heterocycles. The van der Waals surface area contributed by atoms with Crippen molar-refractivity contribution in [3.63, 3.8) is 0 Å². The zero-order valence-electron chi connectivity index (χ0n) is 10.6. The Morgan fingerprint density at radius 1 is 1.47 bits per heavy atom. The van der Waals surface area contributed by atoms with Gasteiger partial charge in [-0.15, -0.1) is 0 Å². The summed E-state index contributed by atoms with van der Waals surface area (Å²) in [5.74, 6) is 0. The van der Waals surface area contributed by atoms with Crippen LogP contribution in [-0.2, 0) is 6.42 Å². The van der Waals surface area contributed by atoms with Gasteiger partial charge in [-0.3, -0.25) is 0 Å². The maximum atomic E-state index is 6.28. The molecular weight excluding hydrogens is 346 g/mol. The molecule has 0 bridgehead atoms. The Hall–Kier alpha value is -0.490. The third kappa shape index (κ3) is 4.24. The highest BCUT2D eigenvalue weighted by Gasteiger charge is 2.15. The van der Waals surface area contributed by atoms with Crippen molar-refractivity contribution in [1.82, 2.24) is 14.1 Å². The number of nitrogens with one attached hydrogen (secondary N) is 1. The fourth-order valence-corrected chi connectivity index (χ4v) is 3.05. The molecule has 2 rings (SSSR count). The van der Waals surface area contributed by atoms with Gasteiger partial charge >= 0.3 is 0 Å². The van der Waals surface area contributed by atoms with E-state index in [0.29, 0.717) is 0 Å². The number of halogens is 2. The lowest BCUT2D eigenvalue weighted by Crippen LogP contribution is -2.24. The predicted molar refractivity (Wildman–Crippen MR) is 83.8 cm³/mol. The zero-order valence-corrected chi connectivity index (χ0v) is 13.7. The molecule has 1 atom stereocenters. The second-order valence-electron chi connectivity index (χ2n) is 4.28. The summed E-state index contributed by atoms with van der Waals surface area (Å²) in [6.45, 7) is 3.10. The van der Waals surface area contributed by atoms with Gasteiger partial charge in [0.2, 0.25) is 0 Å². The first-order valence-corrected chi connectivity index (χ1v) is 8.05. The zero-order chi connectivity index (χ0) is 13.7. The smallest absolute Gasteiger partial charge is 0.0915 e. The molecular formula is C13H15BrClN3S. The van der Waals surface area contributed by atoms with Crippen LogP contribution in [0.1, 0.15) is 30.6 Å². The minimum atomic E-state index is 0.164. The summed E-state index contributed by atoms with van der Waals surface area (Å²) < 4.78 is 9.40. The number of rotatable bonds is 6. The van der Waals surface area contributed by atoms with E-state index >= 15 is 0 Å². The van der Waals surface area contributed by atoms with Crippen LogP contribution >= 0.6 is 39.3 Å². The van der Waals surface area contributed by atoms with Crippen LogP contribution in [0, 0.1) is 0 Å². The molecule has 1 unspecified atom stereocenters. The maximum Gasteiger partial charge on any atom is 0.0915 e. The molecule has 1 heterocycles. The molecule has 3 nitrogen and oxygen atoms in total. The van der Waals surface area contributed by atoms with Gasteiger partial charge in [0.25, 0.3) is 0 Å². The molecule has 0 radical (unpaired) electrons. The first kappa shape index (κ1) is 14.9. The average Bonchev–Trinajstić information content (AvgIpc) is 2.90. The highest BCUT2D eigenvalue weighted by Crippen LogP contribution is 2.26. The van der Waals surface area contributed by atoms with E-state index in [4.69, 9.17) is 11.6 Å². The Bertz CT molecular complexity index is 519. The molecule has 1 N–H and O–H groups in total. The number of benzene rings is 1. The van der Waals surface area contributed by atoms with E-state index in [-0.39, 0.29) is 6.04 Å². The second kappa shape index (κ2) is 7.33. The predicted octanol–water partition coefficient (Wildman–Crippen LogP) is 4.24. The van der Waals surface area contributed by atoms with Crippen LogP contribution in [0.5, 0.6) is 0 Å². The lowest BCUT2D eigenvalue weighted by Gasteiger charge is -2.17. The van der Waals surface area contributed by atoms with Gasteiger partial charge in [0, 0.05) is 9.50 Å². The van der Waals surface area contributed by atoms with Crippen LogP contribution in [0.4, 0.5) is 0 Å². The molecule has 0 aliphatic rings. The molecule has 102 valence electrons. The lowest BCUT2D eigenvalue weighted by molar-refractivity contribution is 0.521. The summed E-state index contributed by atoms with van der Waals surface area (Å²) >= 11 is 10.9. The van der Waals surface area contributed by atoms with Crippen LogP contribution in [0.25, 0.3) is 0 Å². The van der Waals surface area contributed by atoms with Crippen molar-refractivity contribution in [3.05, 3.63) is 45.1 Å². The van der Waals surface area contributed by atoms with Gasteiger partial charge < -0.3 is 5.32 Å². The molecule has 1 aromatic carbocycles. The average molecular weight is 361 g/mol. The third-order valence-electron chi connectivity index (χ3n) is 2.82. The highest BCUT2D eigenvalue weighted by molar-refractivity contribution is 9.10. The Balaban J connectivity index is 2.15. The Morgan fingerprint density at radius 3 is 2.95 bits per heavy atom. The number of nitrogens with zero attached hydrogens (tertiary/aromatic N) is 2. The van der Waals surface area contributed by atoms with Gasteiger partial charge in [0.15, 0.2) is 0 Å². The molecule has 0 aliphatic heterocycles. The first-order chi connectivity index (χ1) is 9.20. The number of hydrogen-bond acceptors (Lipinski definition) is 4. The fraction of sp³-hybridized carbons (Fsp3) is 0.385. The molecule has 0 aliphatic carbocycles. The summed E-state index contributed by atoms with van der Waals surface area (Å²) in [6, 6.07) is 6.15. The van der Waals surface area contributed by atoms with E-state index in [2.05, 4.69) is 36.9 Å². The van der Waals surface area contributed by atoms with Crippen molar-refractivity contribution in [2.24, 2.45) is 0 Å². The molecule has 0 amide bonds. The van der Waals surface area contributed by atoms with Crippen molar-refractivity contribution in [1.29, 1.82) is 0 Å². The normalized spacial score (nSPS) is 12.6. The van der Waals surface area contributed by atoms with Crippen LogP contribution in [0.2, 0.25) is 5.02 Å². The summed E-state index contributed by atoms with van der Waals surface area (Å²) in [6.07, 6.45) is 3.73. The number of hydrogen-bond donors (Lipinski definition) is 1. The van der Waals surface area contributed by atoms with E-state index in [1.807, 2.05) is 24.4 Å². The molecule has 6 heteroatoms. The maximum absolute atomic E-state index is 6.28. The SMILES string of the molecule is CCCNC(Cc1ccc(Br)cc1Cl)c1cnsn1. The lowest BCUT2D eigenvalue weighted by atomic mass is 10.0. The third-order valence-corrected chi connectivity index (χ3v) is 4.15. The molecule has 0 fully saturated rings. The molecule has 0 spiro atoms. The summed E-state index contributed by atoms with van der Waals surface area (Å²) in [7, 11) is 0. The largest absolute Gasteiger partial charge is 0.308 e. The van der Waals surface area contributed by atoms with Crippen LogP contribution in [0.15, 0.2) is 28.9 Å². The number of aromatic nitrogens is 2. The van der Waals surface area contributed by atoms with E-state index in [1.54, 1.807) is 0 Å². The fourth-order valence-electron chi connectivity index (χ4n) is 1.83. The van der Waals surface area contributed by atoms with Gasteiger partial charge in [-0.2, -0.15) is 8.75 Å². The van der Waals surface area contributed by atoms with Crippen LogP contribution in [0.3, 0.4) is 0 Å². The molecule has 19 heavy (non-hydrogen) atoms. The molecule has 0 saturated heterocycles. The summed E-state index contributed by atoms with van der Waals surface area (Å²) in [5, 5.41) is 4.27. The van der Waals surface area contributed by atoms with Gasteiger partial charge in [-0.25, -0.2) is 0 Å². The van der Waals surface area contributed by atoms with Gasteiger partial charge in [-0.05, 0) is 37.1 Å². The minimum Gasteiger partial charge on any atom is -0.308 e. The van der Waals surface area contributed by atoms with Gasteiger partial charge in [0.05, 0.1) is 29.7 Å². The Morgan fingerprint density at radius 2 is 2.32 bits per heavy atom. The van der Waals surface area contributed by atoms with E-state index < -0.39 is 0 Å². The monoisotopic (exact) mass is 359 g/mol. The molecule has 2 aromatic rings. The minimum absolute atomic E-state index is 0.164. The van der Waals surface area contributed by atoms with Crippen molar-refractivity contribution < 1.29 is 0 Å². The Labute approximate surface area is 130 Å². The van der Waals surface area contributed by atoms with Gasteiger partial charge in [-0.1, -0.05) is 40.5 Å². The van der Waals surface area contributed by atoms with Crippen molar-refractivity contribution >= 4 is 39.3 Å². The van der Waals surface area contributed by atoms with Gasteiger partial charge in [0.1, 0.15) is 0 Å². The van der Waals surface area contributed by atoms with E-state index in [0.717, 1.165) is 40.1 Å². The molecule has 0 saturated carbocycles. The van der Waals surface area contributed by atoms with Crippen molar-refractivity contribution in [2.75, 3.05) is 6.54 Å². The van der Waals surface area contributed by atoms with Crippen molar-refractivity contribution in [2.45, 2.75) is 25.8 Å².